The first-order chi connectivity index (χ1) is 20.5. The molecule has 0 atom stereocenters. The first-order valence-corrected chi connectivity index (χ1v) is 13.5. The standard InChI is InChI=1S/C38H22F4/c39-35-19-31(27-17-7-11-23-9-1-3-13-25(23)27)33(21-37(35)41)29-15-5-6-16-30(29)34-22-38(42)36(40)20-32(34)28-18-8-12-24-10-2-4-14-26(24)28/h1-22H. The summed E-state index contributed by atoms with van der Waals surface area (Å²) >= 11 is 0. The second kappa shape index (κ2) is 10.3. The molecule has 7 rings (SSSR count). The van der Waals surface area contributed by atoms with Gasteiger partial charge in [-0.3, -0.25) is 0 Å². The number of rotatable bonds is 4. The molecule has 0 N–H and O–H groups in total. The Morgan fingerprint density at radius 2 is 0.548 bits per heavy atom. The lowest BCUT2D eigenvalue weighted by Crippen LogP contribution is -1.97. The van der Waals surface area contributed by atoms with Crippen molar-refractivity contribution in [3.8, 4) is 44.5 Å². The van der Waals surface area contributed by atoms with Gasteiger partial charge in [-0.2, -0.15) is 0 Å². The van der Waals surface area contributed by atoms with Gasteiger partial charge >= 0.3 is 0 Å². The van der Waals surface area contributed by atoms with Crippen LogP contribution in [0.1, 0.15) is 0 Å². The van der Waals surface area contributed by atoms with Crippen molar-refractivity contribution in [1.82, 2.24) is 0 Å². The van der Waals surface area contributed by atoms with Crippen molar-refractivity contribution in [1.29, 1.82) is 0 Å². The minimum atomic E-state index is -0.997. The first-order valence-electron chi connectivity index (χ1n) is 13.5. The summed E-state index contributed by atoms with van der Waals surface area (Å²) in [6.45, 7) is 0. The normalized spacial score (nSPS) is 11.3. The van der Waals surface area contributed by atoms with E-state index < -0.39 is 23.3 Å². The number of fused-ring (bicyclic) bond motifs is 2. The summed E-state index contributed by atoms with van der Waals surface area (Å²) in [7, 11) is 0. The molecule has 0 bridgehead atoms. The molecule has 202 valence electrons. The van der Waals surface area contributed by atoms with Crippen LogP contribution in [0.2, 0.25) is 0 Å². The fraction of sp³-hybridized carbons (Fsp3) is 0. The summed E-state index contributed by atoms with van der Waals surface area (Å²) in [5.74, 6) is -3.93. The highest BCUT2D eigenvalue weighted by atomic mass is 19.2. The van der Waals surface area contributed by atoms with E-state index in [0.717, 1.165) is 32.7 Å². The van der Waals surface area contributed by atoms with Crippen LogP contribution >= 0.6 is 0 Å². The first kappa shape index (κ1) is 25.7. The molecule has 0 nitrogen and oxygen atoms in total. The highest BCUT2D eigenvalue weighted by Crippen LogP contribution is 2.45. The molecular weight excluding hydrogens is 532 g/mol. The number of hydrogen-bond donors (Lipinski definition) is 0. The third-order valence-corrected chi connectivity index (χ3v) is 7.79. The summed E-state index contributed by atoms with van der Waals surface area (Å²) in [6, 6.07) is 38.8. The molecule has 7 aromatic carbocycles. The van der Waals surface area contributed by atoms with Crippen molar-refractivity contribution < 1.29 is 17.6 Å². The molecule has 0 fully saturated rings. The van der Waals surface area contributed by atoms with Gasteiger partial charge in [0.15, 0.2) is 23.3 Å². The lowest BCUT2D eigenvalue weighted by atomic mass is 9.85. The molecule has 0 aliphatic rings. The maximum Gasteiger partial charge on any atom is 0.159 e. The fourth-order valence-electron chi connectivity index (χ4n) is 5.86. The Kier molecular flexibility index (Phi) is 6.32. The van der Waals surface area contributed by atoms with Gasteiger partial charge in [0.2, 0.25) is 0 Å². The van der Waals surface area contributed by atoms with Gasteiger partial charge in [-0.1, -0.05) is 109 Å². The highest BCUT2D eigenvalue weighted by Gasteiger charge is 2.21. The molecule has 7 aromatic rings. The van der Waals surface area contributed by atoms with E-state index in [4.69, 9.17) is 0 Å². The molecule has 42 heavy (non-hydrogen) atoms. The van der Waals surface area contributed by atoms with Crippen molar-refractivity contribution in [3.63, 3.8) is 0 Å². The van der Waals surface area contributed by atoms with E-state index in [1.54, 1.807) is 24.3 Å². The van der Waals surface area contributed by atoms with E-state index in [2.05, 4.69) is 0 Å². The molecular formula is C38H22F4. The zero-order valence-electron chi connectivity index (χ0n) is 22.2. The Morgan fingerprint density at radius 1 is 0.262 bits per heavy atom. The maximum atomic E-state index is 15.0. The van der Waals surface area contributed by atoms with Crippen molar-refractivity contribution in [2.75, 3.05) is 0 Å². The third-order valence-electron chi connectivity index (χ3n) is 7.79. The topological polar surface area (TPSA) is 0 Å². The van der Waals surface area contributed by atoms with Crippen molar-refractivity contribution in [2.45, 2.75) is 0 Å². The average Bonchev–Trinajstić information content (AvgIpc) is 3.03. The molecule has 0 aliphatic heterocycles. The summed E-state index contributed by atoms with van der Waals surface area (Å²) < 4.78 is 59.6. The van der Waals surface area contributed by atoms with Crippen LogP contribution in [0.15, 0.2) is 133 Å². The Labute approximate surface area is 240 Å². The Hall–Kier alpha value is -5.22. The van der Waals surface area contributed by atoms with Crippen LogP contribution in [0.4, 0.5) is 17.6 Å². The minimum Gasteiger partial charge on any atom is -0.204 e. The molecule has 0 amide bonds. The van der Waals surface area contributed by atoms with Crippen LogP contribution in [0.25, 0.3) is 66.1 Å². The minimum absolute atomic E-state index is 0.439. The van der Waals surface area contributed by atoms with E-state index in [-0.39, 0.29) is 0 Å². The van der Waals surface area contributed by atoms with Crippen LogP contribution in [0.5, 0.6) is 0 Å². The molecule has 0 aromatic heterocycles. The zero-order chi connectivity index (χ0) is 28.8. The van der Waals surface area contributed by atoms with Gasteiger partial charge in [-0.05, 0) is 90.3 Å². The smallest absolute Gasteiger partial charge is 0.159 e. The van der Waals surface area contributed by atoms with E-state index >= 15 is 0 Å². The molecule has 0 spiro atoms. The van der Waals surface area contributed by atoms with Crippen LogP contribution in [0, 0.1) is 23.3 Å². The SMILES string of the molecule is Fc1cc(-c2ccccc2-c2cc(F)c(F)cc2-c2cccc3ccccc23)c(-c2cccc3ccccc23)cc1F. The van der Waals surface area contributed by atoms with Crippen molar-refractivity contribution in [3.05, 3.63) is 157 Å². The second-order valence-corrected chi connectivity index (χ2v) is 10.2. The predicted octanol–water partition coefficient (Wildman–Crippen LogP) is 11.2. The lowest BCUT2D eigenvalue weighted by Gasteiger charge is -2.19. The zero-order valence-corrected chi connectivity index (χ0v) is 22.2. The Bertz CT molecular complexity index is 1980. The monoisotopic (exact) mass is 554 g/mol. The molecule has 0 heterocycles. The maximum absolute atomic E-state index is 15.0. The molecule has 0 aliphatic carbocycles. The molecule has 0 unspecified atom stereocenters. The average molecular weight is 555 g/mol. The summed E-state index contributed by atoms with van der Waals surface area (Å²) in [6.07, 6.45) is 0. The predicted molar refractivity (Wildman–Crippen MR) is 163 cm³/mol. The van der Waals surface area contributed by atoms with Gasteiger partial charge in [0.1, 0.15) is 0 Å². The number of halogens is 4. The van der Waals surface area contributed by atoms with Crippen LogP contribution in [-0.4, -0.2) is 0 Å². The summed E-state index contributed by atoms with van der Waals surface area (Å²) in [4.78, 5) is 0. The van der Waals surface area contributed by atoms with E-state index in [1.807, 2.05) is 84.9 Å². The lowest BCUT2D eigenvalue weighted by molar-refractivity contribution is 0.509. The van der Waals surface area contributed by atoms with Gasteiger partial charge in [0.25, 0.3) is 0 Å². The largest absolute Gasteiger partial charge is 0.204 e. The van der Waals surface area contributed by atoms with Crippen molar-refractivity contribution >= 4 is 21.5 Å². The quantitative estimate of drug-likeness (QED) is 0.190. The molecule has 0 saturated heterocycles. The van der Waals surface area contributed by atoms with E-state index in [1.165, 1.54) is 24.3 Å². The van der Waals surface area contributed by atoms with Gasteiger partial charge in [-0.25, -0.2) is 17.6 Å². The Balaban J connectivity index is 1.53. The second-order valence-electron chi connectivity index (χ2n) is 10.2. The molecule has 4 heteroatoms. The van der Waals surface area contributed by atoms with Gasteiger partial charge in [-0.15, -0.1) is 0 Å². The molecule has 0 radical (unpaired) electrons. The van der Waals surface area contributed by atoms with Crippen LogP contribution < -0.4 is 0 Å². The van der Waals surface area contributed by atoms with Crippen LogP contribution in [0.3, 0.4) is 0 Å². The number of hydrogen-bond acceptors (Lipinski definition) is 0. The van der Waals surface area contributed by atoms with E-state index in [0.29, 0.717) is 33.4 Å². The van der Waals surface area contributed by atoms with Crippen molar-refractivity contribution in [2.24, 2.45) is 0 Å². The van der Waals surface area contributed by atoms with Crippen LogP contribution in [-0.2, 0) is 0 Å². The Morgan fingerprint density at radius 3 is 0.952 bits per heavy atom. The van der Waals surface area contributed by atoms with Gasteiger partial charge < -0.3 is 0 Å². The fourth-order valence-corrected chi connectivity index (χ4v) is 5.86. The van der Waals surface area contributed by atoms with Gasteiger partial charge in [0.05, 0.1) is 0 Å². The van der Waals surface area contributed by atoms with E-state index in [9.17, 15) is 17.6 Å². The third kappa shape index (κ3) is 4.33. The highest BCUT2D eigenvalue weighted by molar-refractivity contribution is 6.05. The van der Waals surface area contributed by atoms with Gasteiger partial charge in [0, 0.05) is 0 Å². The molecule has 0 saturated carbocycles. The summed E-state index contributed by atoms with van der Waals surface area (Å²) in [5.41, 5.74) is 4.45. The number of benzene rings is 7. The summed E-state index contributed by atoms with van der Waals surface area (Å²) in [5, 5.41) is 3.68.